The molecule has 26 heavy (non-hydrogen) atoms. The topological polar surface area (TPSA) is 49.8 Å². The van der Waals surface area contributed by atoms with Crippen LogP contribution in [0, 0.1) is 17.7 Å². The average molecular weight is 358 g/mol. The Labute approximate surface area is 152 Å². The van der Waals surface area contributed by atoms with Gasteiger partial charge in [-0.1, -0.05) is 19.3 Å². The Morgan fingerprint density at radius 2 is 1.77 bits per heavy atom. The van der Waals surface area contributed by atoms with Gasteiger partial charge < -0.3 is 10.6 Å². The van der Waals surface area contributed by atoms with E-state index in [9.17, 15) is 8.78 Å². The summed E-state index contributed by atoms with van der Waals surface area (Å²) >= 11 is 0. The van der Waals surface area contributed by atoms with Gasteiger partial charge in [-0.15, -0.1) is 0 Å². The molecule has 2 aliphatic rings. The predicted octanol–water partition coefficient (Wildman–Crippen LogP) is 4.99. The molecule has 0 saturated heterocycles. The lowest BCUT2D eigenvalue weighted by atomic mass is 9.95. The Morgan fingerprint density at radius 3 is 2.54 bits per heavy atom. The second kappa shape index (κ2) is 7.56. The predicted molar refractivity (Wildman–Crippen MR) is 99.1 cm³/mol. The molecule has 0 atom stereocenters. The third-order valence-electron chi connectivity index (χ3n) is 5.24. The van der Waals surface area contributed by atoms with Crippen molar-refractivity contribution in [3.8, 4) is 11.1 Å². The number of nitrogens with one attached hydrogen (secondary N) is 2. The summed E-state index contributed by atoms with van der Waals surface area (Å²) in [5.74, 6) is 0.289. The number of rotatable bonds is 6. The van der Waals surface area contributed by atoms with E-state index in [0.29, 0.717) is 34.6 Å². The van der Waals surface area contributed by atoms with Crippen LogP contribution in [0.1, 0.15) is 44.9 Å². The van der Waals surface area contributed by atoms with Gasteiger partial charge in [0.1, 0.15) is 11.6 Å². The zero-order valence-corrected chi connectivity index (χ0v) is 14.8. The molecule has 4 nitrogen and oxygen atoms in total. The molecular weight excluding hydrogens is 334 g/mol. The molecule has 2 N–H and O–H groups in total. The van der Waals surface area contributed by atoms with E-state index < -0.39 is 11.8 Å². The zero-order chi connectivity index (χ0) is 17.9. The Balaban J connectivity index is 1.55. The van der Waals surface area contributed by atoms with Crippen LogP contribution in [0.2, 0.25) is 0 Å². The van der Waals surface area contributed by atoms with Gasteiger partial charge in [-0.2, -0.15) is 4.39 Å². The van der Waals surface area contributed by atoms with Crippen LogP contribution in [0.25, 0.3) is 11.1 Å². The molecule has 0 amide bonds. The van der Waals surface area contributed by atoms with Crippen molar-refractivity contribution in [2.24, 2.45) is 5.92 Å². The molecule has 2 fully saturated rings. The molecule has 0 aromatic carbocycles. The van der Waals surface area contributed by atoms with Crippen LogP contribution < -0.4 is 10.6 Å². The van der Waals surface area contributed by atoms with E-state index >= 15 is 0 Å². The molecule has 0 radical (unpaired) electrons. The summed E-state index contributed by atoms with van der Waals surface area (Å²) in [6.07, 6.45) is 10.9. The zero-order valence-electron chi connectivity index (χ0n) is 14.8. The second-order valence-corrected chi connectivity index (χ2v) is 7.42. The first-order valence-corrected chi connectivity index (χ1v) is 9.51. The molecule has 2 saturated carbocycles. The Bertz CT molecular complexity index is 770. The number of pyridine rings is 2. The normalized spacial score (nSPS) is 17.9. The van der Waals surface area contributed by atoms with E-state index in [2.05, 4.69) is 20.6 Å². The number of anilines is 2. The molecule has 0 unspecified atom stereocenters. The van der Waals surface area contributed by atoms with Crippen LogP contribution in [-0.2, 0) is 0 Å². The fraction of sp³-hybridized carbons (Fsp3) is 0.500. The minimum Gasteiger partial charge on any atom is -0.381 e. The number of hydrogen-bond donors (Lipinski definition) is 2. The van der Waals surface area contributed by atoms with Crippen LogP contribution in [0.4, 0.5) is 20.3 Å². The molecule has 4 rings (SSSR count). The second-order valence-electron chi connectivity index (χ2n) is 7.42. The minimum atomic E-state index is -0.551. The van der Waals surface area contributed by atoms with Crippen LogP contribution in [0.3, 0.4) is 0 Å². The van der Waals surface area contributed by atoms with Crippen molar-refractivity contribution in [2.75, 3.05) is 17.2 Å². The highest BCUT2D eigenvalue weighted by Gasteiger charge is 2.21. The highest BCUT2D eigenvalue weighted by molar-refractivity contribution is 5.69. The Kier molecular flexibility index (Phi) is 5.00. The maximum absolute atomic E-state index is 14.4. The smallest absolute Gasteiger partial charge is 0.236 e. The van der Waals surface area contributed by atoms with Crippen molar-refractivity contribution in [2.45, 2.75) is 51.0 Å². The van der Waals surface area contributed by atoms with Gasteiger partial charge in [-0.3, -0.25) is 0 Å². The fourth-order valence-corrected chi connectivity index (χ4v) is 3.49. The monoisotopic (exact) mass is 358 g/mol. The fourth-order valence-electron chi connectivity index (χ4n) is 3.49. The summed E-state index contributed by atoms with van der Waals surface area (Å²) in [6.45, 7) is 0.732. The lowest BCUT2D eigenvalue weighted by Crippen LogP contribution is -2.22. The molecular formula is C20H24F2N4. The molecule has 2 aliphatic carbocycles. The average Bonchev–Trinajstić information content (AvgIpc) is 3.48. The number of aromatic nitrogens is 2. The molecule has 6 heteroatoms. The van der Waals surface area contributed by atoms with E-state index in [1.807, 2.05) is 0 Å². The van der Waals surface area contributed by atoms with Gasteiger partial charge in [-0.25, -0.2) is 14.4 Å². The lowest BCUT2D eigenvalue weighted by Gasteiger charge is -2.23. The van der Waals surface area contributed by atoms with Crippen molar-refractivity contribution in [3.05, 3.63) is 36.3 Å². The third-order valence-corrected chi connectivity index (χ3v) is 5.24. The van der Waals surface area contributed by atoms with Crippen LogP contribution in [0.5, 0.6) is 0 Å². The van der Waals surface area contributed by atoms with E-state index in [4.69, 9.17) is 0 Å². The molecule has 2 heterocycles. The van der Waals surface area contributed by atoms with Crippen molar-refractivity contribution < 1.29 is 8.78 Å². The van der Waals surface area contributed by atoms with Gasteiger partial charge in [0.25, 0.3) is 0 Å². The summed E-state index contributed by atoms with van der Waals surface area (Å²) < 4.78 is 28.3. The number of nitrogens with zero attached hydrogens (tertiary/aromatic N) is 2. The van der Waals surface area contributed by atoms with Gasteiger partial charge in [0, 0.05) is 29.9 Å². The van der Waals surface area contributed by atoms with Crippen LogP contribution in [-0.4, -0.2) is 22.6 Å². The summed E-state index contributed by atoms with van der Waals surface area (Å²) in [6, 6.07) is 3.72. The number of halogens is 2. The van der Waals surface area contributed by atoms with E-state index in [0.717, 1.165) is 19.4 Å². The standard InChI is InChI=1S/C20H24F2N4/c21-17-12-24-19(26-15-4-2-1-3-5-15)9-16(17)14-8-18(20(22)25-11-14)23-10-13-6-7-13/h8-9,11-13,15,23H,1-7,10H2,(H,24,26). The van der Waals surface area contributed by atoms with Gasteiger partial charge >= 0.3 is 0 Å². The molecule has 0 aliphatic heterocycles. The van der Waals surface area contributed by atoms with Crippen molar-refractivity contribution in [1.82, 2.24) is 9.97 Å². The molecule has 0 bridgehead atoms. The van der Waals surface area contributed by atoms with Gasteiger partial charge in [0.15, 0.2) is 0 Å². The van der Waals surface area contributed by atoms with Gasteiger partial charge in [0.05, 0.1) is 11.9 Å². The summed E-state index contributed by atoms with van der Waals surface area (Å²) in [5, 5.41) is 6.50. The third kappa shape index (κ3) is 4.11. The summed E-state index contributed by atoms with van der Waals surface area (Å²) in [5.41, 5.74) is 1.27. The van der Waals surface area contributed by atoms with Crippen molar-refractivity contribution in [3.63, 3.8) is 0 Å². The van der Waals surface area contributed by atoms with Crippen LogP contribution in [0.15, 0.2) is 24.5 Å². The van der Waals surface area contributed by atoms with Crippen LogP contribution >= 0.6 is 0 Å². The summed E-state index contributed by atoms with van der Waals surface area (Å²) in [4.78, 5) is 7.97. The largest absolute Gasteiger partial charge is 0.381 e. The van der Waals surface area contributed by atoms with Gasteiger partial charge in [-0.05, 0) is 43.7 Å². The first-order valence-electron chi connectivity index (χ1n) is 9.51. The maximum Gasteiger partial charge on any atom is 0.236 e. The van der Waals surface area contributed by atoms with E-state index in [1.165, 1.54) is 44.5 Å². The van der Waals surface area contributed by atoms with E-state index in [1.54, 1.807) is 12.1 Å². The Morgan fingerprint density at radius 1 is 0.962 bits per heavy atom. The minimum absolute atomic E-state index is 0.326. The Hall–Kier alpha value is -2.24. The van der Waals surface area contributed by atoms with Gasteiger partial charge in [0.2, 0.25) is 5.95 Å². The first kappa shape index (κ1) is 17.2. The van der Waals surface area contributed by atoms with E-state index in [-0.39, 0.29) is 0 Å². The highest BCUT2D eigenvalue weighted by atomic mass is 19.1. The SMILES string of the molecule is Fc1cnc(NC2CCCCC2)cc1-c1cnc(F)c(NCC2CC2)c1. The molecule has 138 valence electrons. The molecule has 2 aromatic heterocycles. The molecule has 0 spiro atoms. The highest BCUT2D eigenvalue weighted by Crippen LogP contribution is 2.31. The van der Waals surface area contributed by atoms with Crippen molar-refractivity contribution in [1.29, 1.82) is 0 Å². The quantitative estimate of drug-likeness (QED) is 0.715. The van der Waals surface area contributed by atoms with Crippen molar-refractivity contribution >= 4 is 11.5 Å². The number of hydrogen-bond acceptors (Lipinski definition) is 4. The summed E-state index contributed by atoms with van der Waals surface area (Å²) in [7, 11) is 0. The maximum atomic E-state index is 14.4. The lowest BCUT2D eigenvalue weighted by molar-refractivity contribution is 0.461. The first-order chi connectivity index (χ1) is 12.7. The molecule has 2 aromatic rings.